The van der Waals surface area contributed by atoms with E-state index < -0.39 is 5.97 Å². The maximum absolute atomic E-state index is 11.1. The molecule has 1 saturated heterocycles. The van der Waals surface area contributed by atoms with Crippen LogP contribution in [0.4, 0.5) is 11.5 Å². The van der Waals surface area contributed by atoms with Gasteiger partial charge in [0.05, 0.1) is 11.3 Å². The Labute approximate surface area is 162 Å². The molecular weight excluding hydrogens is 356 g/mol. The number of carboxylic acid groups (broad SMARTS) is 1. The topological polar surface area (TPSA) is 96.2 Å². The standard InChI is InChI=1S/C20H22N6O2/c1-14-7-12-26(24-14)19-6-5-18(22-23-19)25-10-8-16(9-11-25)21-17-4-2-3-15(13-17)20(27)28/h2-7,12-13,16,21H,8-11H2,1H3,(H,27,28). The highest BCUT2D eigenvalue weighted by atomic mass is 16.4. The number of anilines is 2. The van der Waals surface area contributed by atoms with E-state index in [2.05, 4.69) is 25.5 Å². The third-order valence-corrected chi connectivity index (χ3v) is 4.89. The molecule has 4 rings (SSSR count). The molecule has 2 N–H and O–H groups in total. The van der Waals surface area contributed by atoms with Gasteiger partial charge in [0.2, 0.25) is 0 Å². The Morgan fingerprint density at radius 1 is 1.11 bits per heavy atom. The van der Waals surface area contributed by atoms with Crippen molar-refractivity contribution < 1.29 is 9.90 Å². The van der Waals surface area contributed by atoms with Crippen LogP contribution in [0.3, 0.4) is 0 Å². The summed E-state index contributed by atoms with van der Waals surface area (Å²) in [6.45, 7) is 3.67. The lowest BCUT2D eigenvalue weighted by Crippen LogP contribution is -2.39. The van der Waals surface area contributed by atoms with Gasteiger partial charge in [0.25, 0.3) is 0 Å². The highest BCUT2D eigenvalue weighted by molar-refractivity contribution is 5.88. The van der Waals surface area contributed by atoms with E-state index in [4.69, 9.17) is 5.11 Å². The monoisotopic (exact) mass is 378 g/mol. The van der Waals surface area contributed by atoms with Crippen molar-refractivity contribution in [3.8, 4) is 5.82 Å². The zero-order valence-electron chi connectivity index (χ0n) is 15.6. The average Bonchev–Trinajstić information content (AvgIpc) is 3.15. The Kier molecular flexibility index (Phi) is 4.92. The lowest BCUT2D eigenvalue weighted by atomic mass is 10.0. The molecule has 144 valence electrons. The molecule has 0 atom stereocenters. The van der Waals surface area contributed by atoms with Crippen molar-refractivity contribution in [2.45, 2.75) is 25.8 Å². The summed E-state index contributed by atoms with van der Waals surface area (Å²) in [7, 11) is 0. The Morgan fingerprint density at radius 3 is 2.50 bits per heavy atom. The number of rotatable bonds is 5. The van der Waals surface area contributed by atoms with E-state index in [1.165, 1.54) is 0 Å². The summed E-state index contributed by atoms with van der Waals surface area (Å²) < 4.78 is 1.72. The van der Waals surface area contributed by atoms with Gasteiger partial charge in [0.15, 0.2) is 11.6 Å². The quantitative estimate of drug-likeness (QED) is 0.705. The molecule has 1 aliphatic heterocycles. The van der Waals surface area contributed by atoms with Crippen molar-refractivity contribution in [1.82, 2.24) is 20.0 Å². The molecular formula is C20H22N6O2. The molecule has 28 heavy (non-hydrogen) atoms. The lowest BCUT2D eigenvalue weighted by molar-refractivity contribution is 0.0697. The predicted octanol–water partition coefficient (Wildman–Crippen LogP) is 2.75. The fourth-order valence-corrected chi connectivity index (χ4v) is 3.38. The molecule has 8 nitrogen and oxygen atoms in total. The van der Waals surface area contributed by atoms with Crippen LogP contribution in [0, 0.1) is 6.92 Å². The molecule has 0 unspecified atom stereocenters. The number of carboxylic acids is 1. The minimum Gasteiger partial charge on any atom is -0.478 e. The van der Waals surface area contributed by atoms with Gasteiger partial charge in [-0.3, -0.25) is 0 Å². The number of benzene rings is 1. The number of carbonyl (C=O) groups is 1. The Morgan fingerprint density at radius 2 is 1.86 bits per heavy atom. The van der Waals surface area contributed by atoms with E-state index in [0.717, 1.165) is 43.1 Å². The van der Waals surface area contributed by atoms with Gasteiger partial charge in [-0.1, -0.05) is 6.07 Å². The first-order valence-electron chi connectivity index (χ1n) is 9.30. The van der Waals surface area contributed by atoms with E-state index in [1.54, 1.807) is 22.9 Å². The van der Waals surface area contributed by atoms with Crippen LogP contribution in [0.2, 0.25) is 0 Å². The molecule has 1 aromatic carbocycles. The number of hydrogen-bond acceptors (Lipinski definition) is 6. The SMILES string of the molecule is Cc1ccn(-c2ccc(N3CCC(Nc4cccc(C(=O)O)c4)CC3)nn2)n1. The van der Waals surface area contributed by atoms with E-state index in [9.17, 15) is 4.79 Å². The van der Waals surface area contributed by atoms with Crippen molar-refractivity contribution in [1.29, 1.82) is 0 Å². The van der Waals surface area contributed by atoms with Crippen LogP contribution in [0.5, 0.6) is 0 Å². The van der Waals surface area contributed by atoms with E-state index in [1.807, 2.05) is 37.4 Å². The number of hydrogen-bond donors (Lipinski definition) is 2. The van der Waals surface area contributed by atoms with Crippen LogP contribution in [0.15, 0.2) is 48.7 Å². The molecule has 0 saturated carbocycles. The zero-order valence-corrected chi connectivity index (χ0v) is 15.6. The fraction of sp³-hybridized carbons (Fsp3) is 0.300. The van der Waals surface area contributed by atoms with Gasteiger partial charge in [-0.25, -0.2) is 9.48 Å². The Balaban J connectivity index is 1.35. The van der Waals surface area contributed by atoms with E-state index in [0.29, 0.717) is 17.4 Å². The molecule has 0 aliphatic carbocycles. The molecule has 2 aromatic heterocycles. The zero-order chi connectivity index (χ0) is 19.5. The second kappa shape index (κ2) is 7.67. The molecule has 1 fully saturated rings. The summed E-state index contributed by atoms with van der Waals surface area (Å²) in [6, 6.07) is 13.1. The molecule has 0 amide bonds. The van der Waals surface area contributed by atoms with Gasteiger partial charge < -0.3 is 15.3 Å². The number of nitrogens with one attached hydrogen (secondary N) is 1. The number of aromatic nitrogens is 4. The molecule has 3 heterocycles. The third kappa shape index (κ3) is 3.95. The minimum absolute atomic E-state index is 0.296. The van der Waals surface area contributed by atoms with Crippen LogP contribution >= 0.6 is 0 Å². The minimum atomic E-state index is -0.911. The number of aryl methyl sites for hydroxylation is 1. The van der Waals surface area contributed by atoms with Crippen LogP contribution in [-0.2, 0) is 0 Å². The van der Waals surface area contributed by atoms with Gasteiger partial charge in [-0.2, -0.15) is 5.10 Å². The highest BCUT2D eigenvalue weighted by Gasteiger charge is 2.20. The van der Waals surface area contributed by atoms with E-state index >= 15 is 0 Å². The smallest absolute Gasteiger partial charge is 0.335 e. The van der Waals surface area contributed by atoms with Crippen LogP contribution < -0.4 is 10.2 Å². The molecule has 0 radical (unpaired) electrons. The first-order chi connectivity index (χ1) is 13.6. The fourth-order valence-electron chi connectivity index (χ4n) is 3.38. The summed E-state index contributed by atoms with van der Waals surface area (Å²) in [5, 5.41) is 25.6. The summed E-state index contributed by atoms with van der Waals surface area (Å²) in [4.78, 5) is 13.3. The number of piperidine rings is 1. The largest absolute Gasteiger partial charge is 0.478 e. The molecule has 8 heteroatoms. The first-order valence-corrected chi connectivity index (χ1v) is 9.30. The molecule has 1 aliphatic rings. The third-order valence-electron chi connectivity index (χ3n) is 4.89. The summed E-state index contributed by atoms with van der Waals surface area (Å²) in [5.41, 5.74) is 2.08. The molecule has 0 bridgehead atoms. The average molecular weight is 378 g/mol. The second-order valence-electron chi connectivity index (χ2n) is 6.94. The van der Waals surface area contributed by atoms with Gasteiger partial charge in [0.1, 0.15) is 0 Å². The highest BCUT2D eigenvalue weighted by Crippen LogP contribution is 2.21. The Hall–Kier alpha value is -3.42. The number of aromatic carboxylic acids is 1. The van der Waals surface area contributed by atoms with Crippen molar-refractivity contribution in [3.05, 3.63) is 59.9 Å². The molecule has 3 aromatic rings. The van der Waals surface area contributed by atoms with Crippen LogP contribution in [0.25, 0.3) is 5.82 Å². The normalized spacial score (nSPS) is 14.8. The summed E-state index contributed by atoms with van der Waals surface area (Å²) in [6.07, 6.45) is 3.76. The second-order valence-corrected chi connectivity index (χ2v) is 6.94. The first kappa shape index (κ1) is 18.0. The maximum atomic E-state index is 11.1. The number of nitrogens with zero attached hydrogens (tertiary/aromatic N) is 5. The van der Waals surface area contributed by atoms with Crippen molar-refractivity contribution in [2.75, 3.05) is 23.3 Å². The van der Waals surface area contributed by atoms with Gasteiger partial charge in [-0.15, -0.1) is 10.2 Å². The molecule has 0 spiro atoms. The lowest BCUT2D eigenvalue weighted by Gasteiger charge is -2.33. The van der Waals surface area contributed by atoms with Gasteiger partial charge in [-0.05, 0) is 56.2 Å². The van der Waals surface area contributed by atoms with Crippen molar-refractivity contribution >= 4 is 17.5 Å². The Bertz CT molecular complexity index is 961. The van der Waals surface area contributed by atoms with Crippen molar-refractivity contribution in [3.63, 3.8) is 0 Å². The van der Waals surface area contributed by atoms with Crippen molar-refractivity contribution in [2.24, 2.45) is 0 Å². The maximum Gasteiger partial charge on any atom is 0.335 e. The summed E-state index contributed by atoms with van der Waals surface area (Å²) in [5.74, 6) is 0.649. The van der Waals surface area contributed by atoms with Gasteiger partial charge in [0, 0.05) is 31.0 Å². The van der Waals surface area contributed by atoms with Crippen LogP contribution in [0.1, 0.15) is 28.9 Å². The van der Waals surface area contributed by atoms with Gasteiger partial charge >= 0.3 is 5.97 Å². The van der Waals surface area contributed by atoms with E-state index in [-0.39, 0.29) is 0 Å². The predicted molar refractivity (Wildman–Crippen MR) is 106 cm³/mol. The summed E-state index contributed by atoms with van der Waals surface area (Å²) >= 11 is 0. The van der Waals surface area contributed by atoms with Crippen LogP contribution in [-0.4, -0.2) is 50.2 Å².